The third kappa shape index (κ3) is 3.13. The molecule has 1 N–H and O–H groups in total. The molecule has 1 aliphatic heterocycles. The molecule has 7 heteroatoms. The molecule has 0 radical (unpaired) electrons. The number of nitrogens with one attached hydrogen (secondary N) is 1. The number of nitrogens with zero attached hydrogens (tertiary/aromatic N) is 3. The fourth-order valence-corrected chi connectivity index (χ4v) is 2.76. The number of aromatic nitrogens is 2. The average molecular weight is 316 g/mol. The predicted molar refractivity (Wildman–Crippen MR) is 84.1 cm³/mol. The molecule has 122 valence electrons. The van der Waals surface area contributed by atoms with Crippen molar-refractivity contribution < 1.29 is 9.21 Å². The molecule has 2 aromatic heterocycles. The van der Waals surface area contributed by atoms with Gasteiger partial charge < -0.3 is 14.6 Å². The Morgan fingerprint density at radius 1 is 1.39 bits per heavy atom. The summed E-state index contributed by atoms with van der Waals surface area (Å²) in [5.41, 5.74) is 1.52. The Labute approximate surface area is 133 Å². The number of carbonyl (C=O) groups excluding carboxylic acids is 1. The molecule has 0 unspecified atom stereocenters. The van der Waals surface area contributed by atoms with Crippen molar-refractivity contribution >= 4 is 6.03 Å². The van der Waals surface area contributed by atoms with Gasteiger partial charge in [0.2, 0.25) is 0 Å². The first-order valence-corrected chi connectivity index (χ1v) is 7.67. The van der Waals surface area contributed by atoms with Gasteiger partial charge >= 0.3 is 6.03 Å². The summed E-state index contributed by atoms with van der Waals surface area (Å²) in [4.78, 5) is 30.8. The smallest absolute Gasteiger partial charge is 0.317 e. The third-order valence-corrected chi connectivity index (χ3v) is 4.22. The van der Waals surface area contributed by atoms with E-state index in [1.54, 1.807) is 28.8 Å². The number of aryl methyl sites for hydroxylation is 1. The number of fused-ring (bicyclic) bond motifs is 1. The van der Waals surface area contributed by atoms with Crippen molar-refractivity contribution in [2.75, 3.05) is 13.1 Å². The number of hydrogen-bond acceptors (Lipinski definition) is 4. The van der Waals surface area contributed by atoms with Gasteiger partial charge in [-0.05, 0) is 25.5 Å². The molecule has 3 rings (SSSR count). The minimum absolute atomic E-state index is 0.00894. The Morgan fingerprint density at radius 3 is 2.91 bits per heavy atom. The third-order valence-electron chi connectivity index (χ3n) is 4.22. The molecule has 0 saturated heterocycles. The lowest BCUT2D eigenvalue weighted by Crippen LogP contribution is -2.41. The summed E-state index contributed by atoms with van der Waals surface area (Å²) in [7, 11) is 1.73. The van der Waals surface area contributed by atoms with Crippen molar-refractivity contribution in [2.24, 2.45) is 7.05 Å². The van der Waals surface area contributed by atoms with Crippen molar-refractivity contribution in [3.63, 3.8) is 0 Å². The Balaban J connectivity index is 1.68. The Bertz CT molecular complexity index is 764. The van der Waals surface area contributed by atoms with Crippen LogP contribution < -0.4 is 10.9 Å². The molecule has 2 aromatic rings. The van der Waals surface area contributed by atoms with Crippen LogP contribution in [0.2, 0.25) is 0 Å². The van der Waals surface area contributed by atoms with Crippen LogP contribution in [0.5, 0.6) is 0 Å². The van der Waals surface area contributed by atoms with E-state index in [-0.39, 0.29) is 11.6 Å². The van der Waals surface area contributed by atoms with Crippen LogP contribution in [-0.2, 0) is 26.4 Å². The lowest BCUT2D eigenvalue weighted by Gasteiger charge is -2.20. The molecule has 3 heterocycles. The van der Waals surface area contributed by atoms with Gasteiger partial charge in [-0.25, -0.2) is 9.78 Å². The monoisotopic (exact) mass is 316 g/mol. The van der Waals surface area contributed by atoms with E-state index < -0.39 is 0 Å². The summed E-state index contributed by atoms with van der Waals surface area (Å²) >= 11 is 0. The fourth-order valence-electron chi connectivity index (χ4n) is 2.76. The molecule has 0 aliphatic carbocycles. The maximum absolute atomic E-state index is 12.3. The van der Waals surface area contributed by atoms with Gasteiger partial charge in [0, 0.05) is 32.1 Å². The second kappa shape index (κ2) is 6.28. The first-order chi connectivity index (χ1) is 11.1. The first kappa shape index (κ1) is 15.3. The van der Waals surface area contributed by atoms with Crippen LogP contribution in [0.25, 0.3) is 0 Å². The number of rotatable bonds is 2. The Hall–Kier alpha value is -2.57. The molecule has 0 bridgehead atoms. The molecule has 1 aliphatic rings. The van der Waals surface area contributed by atoms with Gasteiger partial charge in [0.25, 0.3) is 5.56 Å². The van der Waals surface area contributed by atoms with Crippen LogP contribution in [0.1, 0.15) is 22.8 Å². The predicted octanol–water partition coefficient (Wildman–Crippen LogP) is 0.992. The van der Waals surface area contributed by atoms with Crippen molar-refractivity contribution in [2.45, 2.75) is 26.3 Å². The number of urea groups is 1. The number of amides is 2. The highest BCUT2D eigenvalue weighted by atomic mass is 16.3. The van der Waals surface area contributed by atoms with Gasteiger partial charge in [-0.2, -0.15) is 0 Å². The van der Waals surface area contributed by atoms with E-state index in [0.717, 1.165) is 11.3 Å². The van der Waals surface area contributed by atoms with E-state index in [0.29, 0.717) is 44.1 Å². The van der Waals surface area contributed by atoms with Crippen LogP contribution in [0, 0.1) is 6.92 Å². The summed E-state index contributed by atoms with van der Waals surface area (Å²) in [5.74, 6) is 1.41. The Kier molecular flexibility index (Phi) is 4.18. The zero-order valence-electron chi connectivity index (χ0n) is 13.3. The van der Waals surface area contributed by atoms with Gasteiger partial charge in [0.05, 0.1) is 18.5 Å². The van der Waals surface area contributed by atoms with Crippen molar-refractivity contribution in [1.82, 2.24) is 19.8 Å². The van der Waals surface area contributed by atoms with Crippen molar-refractivity contribution in [3.8, 4) is 0 Å². The lowest BCUT2D eigenvalue weighted by atomic mass is 10.1. The highest BCUT2D eigenvalue weighted by molar-refractivity contribution is 5.74. The summed E-state index contributed by atoms with van der Waals surface area (Å²) in [6, 6.07) is 3.45. The van der Waals surface area contributed by atoms with Crippen LogP contribution >= 0.6 is 0 Å². The summed E-state index contributed by atoms with van der Waals surface area (Å²) in [6.45, 7) is 3.24. The van der Waals surface area contributed by atoms with Gasteiger partial charge in [-0.1, -0.05) is 0 Å². The highest BCUT2D eigenvalue weighted by Gasteiger charge is 2.22. The van der Waals surface area contributed by atoms with Crippen molar-refractivity contribution in [3.05, 3.63) is 51.6 Å². The summed E-state index contributed by atoms with van der Waals surface area (Å²) < 4.78 is 6.76. The molecule has 23 heavy (non-hydrogen) atoms. The van der Waals surface area contributed by atoms with Gasteiger partial charge in [0.1, 0.15) is 11.6 Å². The number of hydrogen-bond donors (Lipinski definition) is 1. The molecule has 0 spiro atoms. The van der Waals surface area contributed by atoms with E-state index in [1.165, 1.54) is 0 Å². The van der Waals surface area contributed by atoms with E-state index in [4.69, 9.17) is 4.42 Å². The van der Waals surface area contributed by atoms with E-state index >= 15 is 0 Å². The van der Waals surface area contributed by atoms with Crippen LogP contribution in [-0.4, -0.2) is 33.6 Å². The maximum atomic E-state index is 12.3. The van der Waals surface area contributed by atoms with Gasteiger partial charge in [-0.3, -0.25) is 9.36 Å². The standard InChI is InChI=1S/C16H20N4O3/c1-11-18-14-6-8-20(7-5-13(14)15(21)19(11)2)16(22)17-10-12-4-3-9-23-12/h3-4,9H,5-8,10H2,1-2H3,(H,17,22). The summed E-state index contributed by atoms with van der Waals surface area (Å²) in [5, 5.41) is 2.84. The molecule has 0 aromatic carbocycles. The number of furan rings is 1. The SMILES string of the molecule is Cc1nc2c(c(=O)n1C)CCN(C(=O)NCc1ccco1)CC2. The normalized spacial score (nSPS) is 14.3. The quantitative estimate of drug-likeness (QED) is 0.896. The summed E-state index contributed by atoms with van der Waals surface area (Å²) in [6.07, 6.45) is 2.71. The highest BCUT2D eigenvalue weighted by Crippen LogP contribution is 2.11. The molecule has 2 amide bonds. The molecule has 0 atom stereocenters. The van der Waals surface area contributed by atoms with E-state index in [9.17, 15) is 9.59 Å². The minimum Gasteiger partial charge on any atom is -0.467 e. The van der Waals surface area contributed by atoms with E-state index in [2.05, 4.69) is 10.3 Å². The average Bonchev–Trinajstić information content (AvgIpc) is 2.97. The maximum Gasteiger partial charge on any atom is 0.317 e. The molecular formula is C16H20N4O3. The molecular weight excluding hydrogens is 296 g/mol. The fraction of sp³-hybridized carbons (Fsp3) is 0.438. The van der Waals surface area contributed by atoms with E-state index in [1.807, 2.05) is 13.0 Å². The molecule has 7 nitrogen and oxygen atoms in total. The number of carbonyl (C=O) groups is 1. The Morgan fingerprint density at radius 2 is 2.17 bits per heavy atom. The van der Waals surface area contributed by atoms with Crippen molar-refractivity contribution in [1.29, 1.82) is 0 Å². The zero-order chi connectivity index (χ0) is 16.4. The van der Waals surface area contributed by atoms with Gasteiger partial charge in [-0.15, -0.1) is 0 Å². The van der Waals surface area contributed by atoms with Crippen LogP contribution in [0.4, 0.5) is 4.79 Å². The van der Waals surface area contributed by atoms with Gasteiger partial charge in [0.15, 0.2) is 0 Å². The largest absolute Gasteiger partial charge is 0.467 e. The zero-order valence-corrected chi connectivity index (χ0v) is 13.3. The topological polar surface area (TPSA) is 80.4 Å². The second-order valence-corrected chi connectivity index (χ2v) is 5.67. The molecule has 0 saturated carbocycles. The lowest BCUT2D eigenvalue weighted by molar-refractivity contribution is 0.199. The first-order valence-electron chi connectivity index (χ1n) is 7.67. The minimum atomic E-state index is -0.150. The second-order valence-electron chi connectivity index (χ2n) is 5.67. The van der Waals surface area contributed by atoms with Crippen LogP contribution in [0.3, 0.4) is 0 Å². The van der Waals surface area contributed by atoms with Crippen LogP contribution in [0.15, 0.2) is 27.6 Å². The molecule has 0 fully saturated rings.